The average Bonchev–Trinajstić information content (AvgIpc) is 3.22. The first-order chi connectivity index (χ1) is 9.56. The number of hydrogen-bond donors (Lipinski definition) is 0. The minimum atomic E-state index is 0.458. The zero-order valence-corrected chi connectivity index (χ0v) is 12.5. The van der Waals surface area contributed by atoms with E-state index in [0.717, 1.165) is 6.54 Å². The third-order valence-corrected chi connectivity index (χ3v) is 4.26. The molecule has 1 atom stereocenters. The van der Waals surface area contributed by atoms with Crippen LogP contribution in [0.25, 0.3) is 5.57 Å². The summed E-state index contributed by atoms with van der Waals surface area (Å²) < 4.78 is 0. The van der Waals surface area contributed by atoms with E-state index >= 15 is 0 Å². The van der Waals surface area contributed by atoms with Gasteiger partial charge in [0.15, 0.2) is 0 Å². The predicted octanol–water partition coefficient (Wildman–Crippen LogP) is 4.51. The minimum Gasteiger partial charge on any atom is -0.360 e. The van der Waals surface area contributed by atoms with Gasteiger partial charge in [-0.15, -0.1) is 0 Å². The van der Waals surface area contributed by atoms with E-state index in [1.807, 2.05) is 0 Å². The molecule has 0 amide bonds. The molecule has 1 saturated heterocycles. The number of anilines is 1. The SMILES string of the molecule is C=C(c1ccc(C)c(C)c1)C1CN1c1ccc(C)cc1. The van der Waals surface area contributed by atoms with Crippen LogP contribution in [-0.2, 0) is 0 Å². The maximum absolute atomic E-state index is 4.31. The lowest BCUT2D eigenvalue weighted by Gasteiger charge is -2.10. The summed E-state index contributed by atoms with van der Waals surface area (Å²) in [6.07, 6.45) is 0. The van der Waals surface area contributed by atoms with E-state index in [4.69, 9.17) is 0 Å². The summed E-state index contributed by atoms with van der Waals surface area (Å²) in [5.74, 6) is 0. The monoisotopic (exact) mass is 263 g/mol. The number of hydrogen-bond acceptors (Lipinski definition) is 1. The molecule has 0 N–H and O–H groups in total. The summed E-state index contributed by atoms with van der Waals surface area (Å²) in [6.45, 7) is 11.8. The van der Waals surface area contributed by atoms with Crippen molar-refractivity contribution >= 4 is 11.3 Å². The molecule has 20 heavy (non-hydrogen) atoms. The van der Waals surface area contributed by atoms with E-state index in [0.29, 0.717) is 6.04 Å². The van der Waals surface area contributed by atoms with Crippen molar-refractivity contribution in [3.8, 4) is 0 Å². The van der Waals surface area contributed by atoms with Crippen molar-refractivity contribution in [3.63, 3.8) is 0 Å². The lowest BCUT2D eigenvalue weighted by Crippen LogP contribution is -2.01. The molecule has 1 unspecified atom stereocenters. The predicted molar refractivity (Wildman–Crippen MR) is 87.3 cm³/mol. The molecular formula is C19H21N. The van der Waals surface area contributed by atoms with Gasteiger partial charge in [-0.2, -0.15) is 0 Å². The molecule has 0 spiro atoms. The van der Waals surface area contributed by atoms with Crippen molar-refractivity contribution in [3.05, 3.63) is 71.3 Å². The maximum atomic E-state index is 4.31. The van der Waals surface area contributed by atoms with E-state index in [2.05, 4.69) is 74.7 Å². The molecule has 0 radical (unpaired) electrons. The van der Waals surface area contributed by atoms with Crippen LogP contribution in [0.5, 0.6) is 0 Å². The van der Waals surface area contributed by atoms with E-state index in [-0.39, 0.29) is 0 Å². The Morgan fingerprint density at radius 1 is 1.00 bits per heavy atom. The van der Waals surface area contributed by atoms with Gasteiger partial charge in [0.05, 0.1) is 6.04 Å². The standard InChI is InChI=1S/C19H21N/c1-13-5-9-18(10-6-13)20-12-19(20)16(4)17-8-7-14(2)15(3)11-17/h5-11,19H,4,12H2,1-3H3. The number of aryl methyl sites for hydroxylation is 3. The fourth-order valence-electron chi connectivity index (χ4n) is 2.59. The van der Waals surface area contributed by atoms with Crippen LogP contribution >= 0.6 is 0 Å². The number of benzene rings is 2. The summed E-state index contributed by atoms with van der Waals surface area (Å²) in [5, 5.41) is 0. The number of rotatable bonds is 3. The summed E-state index contributed by atoms with van der Waals surface area (Å²) in [4.78, 5) is 2.40. The van der Waals surface area contributed by atoms with Crippen molar-refractivity contribution in [1.29, 1.82) is 0 Å². The van der Waals surface area contributed by atoms with Crippen molar-refractivity contribution in [2.45, 2.75) is 26.8 Å². The fraction of sp³-hybridized carbons (Fsp3) is 0.263. The molecule has 2 aromatic carbocycles. The summed E-state index contributed by atoms with van der Waals surface area (Å²) in [7, 11) is 0. The Labute approximate surface area is 121 Å². The fourth-order valence-corrected chi connectivity index (χ4v) is 2.59. The second-order valence-electron chi connectivity index (χ2n) is 5.83. The molecule has 3 rings (SSSR count). The first-order valence-electron chi connectivity index (χ1n) is 7.16. The van der Waals surface area contributed by atoms with Gasteiger partial charge in [0.2, 0.25) is 0 Å². The van der Waals surface area contributed by atoms with Crippen LogP contribution in [-0.4, -0.2) is 12.6 Å². The zero-order valence-electron chi connectivity index (χ0n) is 12.5. The topological polar surface area (TPSA) is 3.01 Å². The van der Waals surface area contributed by atoms with Gasteiger partial charge in [0.1, 0.15) is 0 Å². The van der Waals surface area contributed by atoms with E-state index < -0.39 is 0 Å². The van der Waals surface area contributed by atoms with Gasteiger partial charge in [-0.25, -0.2) is 0 Å². The Morgan fingerprint density at radius 2 is 1.70 bits per heavy atom. The van der Waals surface area contributed by atoms with Crippen molar-refractivity contribution < 1.29 is 0 Å². The molecule has 0 bridgehead atoms. The Bertz CT molecular complexity index is 652. The van der Waals surface area contributed by atoms with Crippen LogP contribution in [0.4, 0.5) is 5.69 Å². The van der Waals surface area contributed by atoms with Crippen LogP contribution < -0.4 is 4.90 Å². The molecule has 1 aliphatic rings. The van der Waals surface area contributed by atoms with Crippen LogP contribution in [0.3, 0.4) is 0 Å². The molecule has 0 saturated carbocycles. The largest absolute Gasteiger partial charge is 0.360 e. The Kier molecular flexibility index (Phi) is 3.13. The van der Waals surface area contributed by atoms with Crippen molar-refractivity contribution in [2.75, 3.05) is 11.4 Å². The molecule has 102 valence electrons. The maximum Gasteiger partial charge on any atom is 0.0718 e. The van der Waals surface area contributed by atoms with Crippen LogP contribution in [0.2, 0.25) is 0 Å². The highest BCUT2D eigenvalue weighted by atomic mass is 15.3. The van der Waals surface area contributed by atoms with Crippen LogP contribution in [0.15, 0.2) is 49.0 Å². The third kappa shape index (κ3) is 2.36. The smallest absolute Gasteiger partial charge is 0.0718 e. The van der Waals surface area contributed by atoms with E-state index in [1.165, 1.54) is 33.5 Å². The van der Waals surface area contributed by atoms with Crippen molar-refractivity contribution in [2.24, 2.45) is 0 Å². The summed E-state index contributed by atoms with van der Waals surface area (Å²) >= 11 is 0. The van der Waals surface area contributed by atoms with Gasteiger partial charge in [-0.1, -0.05) is 42.5 Å². The molecule has 1 heterocycles. The summed E-state index contributed by atoms with van der Waals surface area (Å²) in [6, 6.07) is 15.8. The molecule has 0 aromatic heterocycles. The van der Waals surface area contributed by atoms with Gasteiger partial charge >= 0.3 is 0 Å². The minimum absolute atomic E-state index is 0.458. The lowest BCUT2D eigenvalue weighted by molar-refractivity contribution is 1.26. The number of nitrogens with zero attached hydrogens (tertiary/aromatic N) is 1. The highest BCUT2D eigenvalue weighted by Crippen LogP contribution is 2.36. The molecule has 1 heteroatoms. The first-order valence-corrected chi connectivity index (χ1v) is 7.16. The second kappa shape index (κ2) is 4.82. The normalized spacial score (nSPS) is 17.1. The van der Waals surface area contributed by atoms with Gasteiger partial charge in [0.25, 0.3) is 0 Å². The van der Waals surface area contributed by atoms with E-state index in [1.54, 1.807) is 0 Å². The second-order valence-corrected chi connectivity index (χ2v) is 5.83. The lowest BCUT2D eigenvalue weighted by atomic mass is 9.99. The average molecular weight is 263 g/mol. The Morgan fingerprint density at radius 3 is 2.35 bits per heavy atom. The third-order valence-electron chi connectivity index (χ3n) is 4.26. The zero-order chi connectivity index (χ0) is 14.3. The van der Waals surface area contributed by atoms with Gasteiger partial charge in [-0.05, 0) is 55.2 Å². The van der Waals surface area contributed by atoms with Crippen LogP contribution in [0, 0.1) is 20.8 Å². The molecule has 0 aliphatic carbocycles. The Balaban J connectivity index is 1.77. The Hall–Kier alpha value is -2.02. The van der Waals surface area contributed by atoms with Crippen molar-refractivity contribution in [1.82, 2.24) is 0 Å². The van der Waals surface area contributed by atoms with Gasteiger partial charge in [0, 0.05) is 12.2 Å². The molecule has 1 nitrogen and oxygen atoms in total. The molecular weight excluding hydrogens is 242 g/mol. The van der Waals surface area contributed by atoms with Crippen LogP contribution in [0.1, 0.15) is 22.3 Å². The highest BCUT2D eigenvalue weighted by Gasteiger charge is 2.36. The summed E-state index contributed by atoms with van der Waals surface area (Å²) in [5.41, 5.74) is 7.78. The van der Waals surface area contributed by atoms with Gasteiger partial charge < -0.3 is 4.90 Å². The van der Waals surface area contributed by atoms with E-state index in [9.17, 15) is 0 Å². The highest BCUT2D eigenvalue weighted by molar-refractivity contribution is 5.78. The molecule has 1 fully saturated rings. The molecule has 2 aromatic rings. The first kappa shape index (κ1) is 13.0. The van der Waals surface area contributed by atoms with Gasteiger partial charge in [-0.3, -0.25) is 0 Å². The quantitative estimate of drug-likeness (QED) is 0.736. The molecule has 1 aliphatic heterocycles.